The lowest BCUT2D eigenvalue weighted by Gasteiger charge is -2.31. The van der Waals surface area contributed by atoms with E-state index in [0.717, 1.165) is 25.9 Å². The molecule has 1 fully saturated rings. The van der Waals surface area contributed by atoms with Crippen molar-refractivity contribution in [1.82, 2.24) is 10.2 Å². The van der Waals surface area contributed by atoms with Gasteiger partial charge in [0.15, 0.2) is 5.76 Å². The minimum absolute atomic E-state index is 0. The first-order valence-electron chi connectivity index (χ1n) is 5.31. The zero-order chi connectivity index (χ0) is 10.7. The first-order valence-corrected chi connectivity index (χ1v) is 5.31. The van der Waals surface area contributed by atoms with E-state index in [9.17, 15) is 4.79 Å². The molecule has 0 radical (unpaired) electrons. The maximum absolute atomic E-state index is 11.9. The lowest BCUT2D eigenvalue weighted by Crippen LogP contribution is -2.46. The molecule has 1 aromatic rings. The Balaban J connectivity index is 0.00000128. The van der Waals surface area contributed by atoms with E-state index in [0.29, 0.717) is 11.8 Å². The van der Waals surface area contributed by atoms with Gasteiger partial charge in [0.25, 0.3) is 5.91 Å². The van der Waals surface area contributed by atoms with Crippen LogP contribution in [0.2, 0.25) is 0 Å². The van der Waals surface area contributed by atoms with Crippen LogP contribution in [0.4, 0.5) is 0 Å². The molecule has 1 saturated heterocycles. The van der Waals surface area contributed by atoms with Gasteiger partial charge in [0.2, 0.25) is 0 Å². The highest BCUT2D eigenvalue weighted by atomic mass is 35.5. The van der Waals surface area contributed by atoms with Gasteiger partial charge in [-0.25, -0.2) is 0 Å². The zero-order valence-electron chi connectivity index (χ0n) is 9.31. The monoisotopic (exact) mass is 244 g/mol. The number of hydrogen-bond acceptors (Lipinski definition) is 3. The molecule has 0 aliphatic carbocycles. The molecule has 1 atom stereocenters. The van der Waals surface area contributed by atoms with Gasteiger partial charge < -0.3 is 14.6 Å². The van der Waals surface area contributed by atoms with Crippen molar-refractivity contribution < 1.29 is 9.21 Å². The molecule has 2 rings (SSSR count). The Kier molecular flexibility index (Phi) is 4.83. The highest BCUT2D eigenvalue weighted by molar-refractivity contribution is 5.91. The first kappa shape index (κ1) is 13.1. The lowest BCUT2D eigenvalue weighted by molar-refractivity contribution is 0.0666. The SMILES string of the molecule is CNC1CCCN(C(=O)c2ccco2)C1.Cl. The summed E-state index contributed by atoms with van der Waals surface area (Å²) >= 11 is 0. The van der Waals surface area contributed by atoms with Crippen molar-refractivity contribution in [2.45, 2.75) is 18.9 Å². The minimum Gasteiger partial charge on any atom is -0.459 e. The molecule has 0 saturated carbocycles. The molecule has 1 aliphatic heterocycles. The molecule has 5 heteroatoms. The van der Waals surface area contributed by atoms with Crippen LogP contribution in [-0.2, 0) is 0 Å². The van der Waals surface area contributed by atoms with Crippen LogP contribution in [0.1, 0.15) is 23.4 Å². The molecule has 1 N–H and O–H groups in total. The van der Waals surface area contributed by atoms with Gasteiger partial charge in [0.1, 0.15) is 0 Å². The third-order valence-corrected chi connectivity index (χ3v) is 2.85. The number of piperidine rings is 1. The highest BCUT2D eigenvalue weighted by Gasteiger charge is 2.24. The van der Waals surface area contributed by atoms with Crippen molar-refractivity contribution in [2.75, 3.05) is 20.1 Å². The largest absolute Gasteiger partial charge is 0.459 e. The highest BCUT2D eigenvalue weighted by Crippen LogP contribution is 2.13. The molecule has 0 spiro atoms. The fraction of sp³-hybridized carbons (Fsp3) is 0.545. The second-order valence-corrected chi connectivity index (χ2v) is 3.86. The molecular formula is C11H17ClN2O2. The Morgan fingerprint density at radius 1 is 1.62 bits per heavy atom. The van der Waals surface area contributed by atoms with Crippen molar-refractivity contribution in [3.63, 3.8) is 0 Å². The number of nitrogens with zero attached hydrogens (tertiary/aromatic N) is 1. The van der Waals surface area contributed by atoms with Crippen LogP contribution < -0.4 is 5.32 Å². The number of hydrogen-bond donors (Lipinski definition) is 1. The Morgan fingerprint density at radius 3 is 3.06 bits per heavy atom. The number of nitrogens with one attached hydrogen (secondary N) is 1. The second kappa shape index (κ2) is 5.92. The molecular weight excluding hydrogens is 228 g/mol. The van der Waals surface area contributed by atoms with Crippen LogP contribution in [-0.4, -0.2) is 37.0 Å². The summed E-state index contributed by atoms with van der Waals surface area (Å²) in [5.74, 6) is 0.437. The molecule has 90 valence electrons. The van der Waals surface area contributed by atoms with Crippen molar-refractivity contribution in [2.24, 2.45) is 0 Å². The maximum atomic E-state index is 11.9. The van der Waals surface area contributed by atoms with E-state index in [-0.39, 0.29) is 18.3 Å². The van der Waals surface area contributed by atoms with Crippen LogP contribution in [0.3, 0.4) is 0 Å². The quantitative estimate of drug-likeness (QED) is 0.858. The summed E-state index contributed by atoms with van der Waals surface area (Å²) in [5, 5.41) is 3.21. The van der Waals surface area contributed by atoms with Crippen LogP contribution >= 0.6 is 12.4 Å². The standard InChI is InChI=1S/C11H16N2O2.ClH/c1-12-9-4-2-6-13(8-9)11(14)10-5-3-7-15-10;/h3,5,7,9,12H,2,4,6,8H2,1H3;1H. The van der Waals surface area contributed by atoms with Gasteiger partial charge in [-0.15, -0.1) is 12.4 Å². The third-order valence-electron chi connectivity index (χ3n) is 2.85. The fourth-order valence-corrected chi connectivity index (χ4v) is 1.95. The maximum Gasteiger partial charge on any atom is 0.289 e. The van der Waals surface area contributed by atoms with E-state index in [1.807, 2.05) is 11.9 Å². The minimum atomic E-state index is -0.0000463. The van der Waals surface area contributed by atoms with Gasteiger partial charge in [-0.3, -0.25) is 4.79 Å². The number of rotatable bonds is 2. The normalized spacial score (nSPS) is 20.3. The van der Waals surface area contributed by atoms with Crippen molar-refractivity contribution in [3.05, 3.63) is 24.2 Å². The van der Waals surface area contributed by atoms with E-state index in [1.165, 1.54) is 6.26 Å². The molecule has 0 bridgehead atoms. The lowest BCUT2D eigenvalue weighted by atomic mass is 10.1. The van der Waals surface area contributed by atoms with Gasteiger partial charge in [-0.1, -0.05) is 0 Å². The summed E-state index contributed by atoms with van der Waals surface area (Å²) in [7, 11) is 1.94. The van der Waals surface area contributed by atoms with E-state index in [2.05, 4.69) is 5.32 Å². The number of likely N-dealkylation sites (tertiary alicyclic amines) is 1. The Hall–Kier alpha value is -1.00. The molecule has 1 unspecified atom stereocenters. The summed E-state index contributed by atoms with van der Waals surface area (Å²) in [6, 6.07) is 3.87. The van der Waals surface area contributed by atoms with Crippen molar-refractivity contribution >= 4 is 18.3 Å². The number of likely N-dealkylation sites (N-methyl/N-ethyl adjacent to an activating group) is 1. The average Bonchev–Trinajstić information content (AvgIpc) is 2.81. The van der Waals surface area contributed by atoms with Gasteiger partial charge in [-0.2, -0.15) is 0 Å². The fourth-order valence-electron chi connectivity index (χ4n) is 1.95. The summed E-state index contributed by atoms with van der Waals surface area (Å²) < 4.78 is 5.11. The Morgan fingerprint density at radius 2 is 2.44 bits per heavy atom. The predicted molar refractivity (Wildman–Crippen MR) is 63.9 cm³/mol. The smallest absolute Gasteiger partial charge is 0.289 e. The number of furan rings is 1. The van der Waals surface area contributed by atoms with Crippen molar-refractivity contribution in [1.29, 1.82) is 0 Å². The summed E-state index contributed by atoms with van der Waals surface area (Å²) in [4.78, 5) is 13.8. The van der Waals surface area contributed by atoms with Gasteiger partial charge in [0, 0.05) is 19.1 Å². The predicted octanol–water partition coefficient (Wildman–Crippen LogP) is 1.53. The number of amides is 1. The number of halogens is 1. The van der Waals surface area contributed by atoms with E-state index in [1.54, 1.807) is 12.1 Å². The van der Waals surface area contributed by atoms with E-state index >= 15 is 0 Å². The van der Waals surface area contributed by atoms with Crippen LogP contribution in [0.25, 0.3) is 0 Å². The summed E-state index contributed by atoms with van der Waals surface area (Å²) in [6.07, 6.45) is 3.73. The average molecular weight is 245 g/mol. The van der Waals surface area contributed by atoms with Crippen LogP contribution in [0.5, 0.6) is 0 Å². The van der Waals surface area contributed by atoms with Gasteiger partial charge >= 0.3 is 0 Å². The van der Waals surface area contributed by atoms with E-state index in [4.69, 9.17) is 4.42 Å². The molecule has 4 nitrogen and oxygen atoms in total. The second-order valence-electron chi connectivity index (χ2n) is 3.86. The van der Waals surface area contributed by atoms with E-state index < -0.39 is 0 Å². The third kappa shape index (κ3) is 2.77. The number of carbonyl (C=O) groups is 1. The molecule has 2 heterocycles. The summed E-state index contributed by atoms with van der Waals surface area (Å²) in [6.45, 7) is 1.60. The Bertz CT molecular complexity index is 327. The van der Waals surface area contributed by atoms with Crippen LogP contribution in [0, 0.1) is 0 Å². The topological polar surface area (TPSA) is 45.5 Å². The van der Waals surface area contributed by atoms with Crippen LogP contribution in [0.15, 0.2) is 22.8 Å². The molecule has 1 aromatic heterocycles. The summed E-state index contributed by atoms with van der Waals surface area (Å²) in [5.41, 5.74) is 0. The molecule has 1 amide bonds. The number of carbonyl (C=O) groups excluding carboxylic acids is 1. The molecule has 16 heavy (non-hydrogen) atoms. The molecule has 0 aromatic carbocycles. The van der Waals surface area contributed by atoms with Crippen molar-refractivity contribution in [3.8, 4) is 0 Å². The Labute approximate surface area is 101 Å². The van der Waals surface area contributed by atoms with Gasteiger partial charge in [0.05, 0.1) is 6.26 Å². The molecule has 1 aliphatic rings. The zero-order valence-corrected chi connectivity index (χ0v) is 10.1. The first-order chi connectivity index (χ1) is 7.31. The van der Waals surface area contributed by atoms with Gasteiger partial charge in [-0.05, 0) is 32.0 Å².